The molecule has 0 radical (unpaired) electrons. The Hall–Kier alpha value is -1.99. The lowest BCUT2D eigenvalue weighted by Crippen LogP contribution is -2.05. The molecule has 0 atom stereocenters. The predicted molar refractivity (Wildman–Crippen MR) is 71.6 cm³/mol. The molecule has 2 rings (SSSR count). The summed E-state index contributed by atoms with van der Waals surface area (Å²) in [5.74, 6) is 0. The van der Waals surface area contributed by atoms with Crippen LogP contribution < -0.4 is 5.32 Å². The number of halogens is 1. The minimum absolute atomic E-state index is 0.600. The van der Waals surface area contributed by atoms with Crippen LogP contribution in [0.3, 0.4) is 0 Å². The van der Waals surface area contributed by atoms with E-state index in [1.807, 2.05) is 19.4 Å². The zero-order valence-electron chi connectivity index (χ0n) is 10.0. The van der Waals surface area contributed by atoms with Crippen LogP contribution in [-0.2, 0) is 13.5 Å². The minimum atomic E-state index is 0.600. The van der Waals surface area contributed by atoms with Crippen molar-refractivity contribution in [3.8, 4) is 6.07 Å². The second kappa shape index (κ2) is 5.56. The molecule has 92 valence electrons. The van der Waals surface area contributed by atoms with Gasteiger partial charge in [-0.2, -0.15) is 10.4 Å². The van der Waals surface area contributed by atoms with Crippen LogP contribution in [0.2, 0.25) is 5.02 Å². The molecular formula is C13H13ClN4. The van der Waals surface area contributed by atoms with E-state index in [1.165, 1.54) is 0 Å². The fourth-order valence-corrected chi connectivity index (χ4v) is 1.86. The van der Waals surface area contributed by atoms with Crippen LogP contribution in [0.25, 0.3) is 0 Å². The Kier molecular flexibility index (Phi) is 3.85. The molecule has 18 heavy (non-hydrogen) atoms. The SMILES string of the molecule is Cn1cc(CCNc2cc(C#N)ccc2Cl)cn1. The van der Waals surface area contributed by atoms with Gasteiger partial charge in [-0.05, 0) is 30.2 Å². The van der Waals surface area contributed by atoms with Crippen LogP contribution in [0.5, 0.6) is 0 Å². The van der Waals surface area contributed by atoms with E-state index in [1.54, 1.807) is 22.9 Å². The number of nitriles is 1. The van der Waals surface area contributed by atoms with Gasteiger partial charge in [-0.15, -0.1) is 0 Å². The third-order valence-electron chi connectivity index (χ3n) is 2.58. The lowest BCUT2D eigenvalue weighted by atomic mass is 10.2. The quantitative estimate of drug-likeness (QED) is 0.919. The first-order valence-electron chi connectivity index (χ1n) is 5.60. The standard InChI is InChI=1S/C13H13ClN4/c1-18-9-11(8-17-18)4-5-16-13-6-10(7-15)2-3-12(13)14/h2-3,6,8-9,16H,4-5H2,1H3. The van der Waals surface area contributed by atoms with Crippen molar-refractivity contribution in [1.29, 1.82) is 5.26 Å². The van der Waals surface area contributed by atoms with E-state index < -0.39 is 0 Å². The summed E-state index contributed by atoms with van der Waals surface area (Å²) in [6.07, 6.45) is 4.69. The third-order valence-corrected chi connectivity index (χ3v) is 2.91. The highest BCUT2D eigenvalue weighted by molar-refractivity contribution is 6.33. The Balaban J connectivity index is 1.96. The molecule has 0 aliphatic heterocycles. The fraction of sp³-hybridized carbons (Fsp3) is 0.231. The van der Waals surface area contributed by atoms with Crippen LogP contribution in [0.15, 0.2) is 30.6 Å². The van der Waals surface area contributed by atoms with E-state index >= 15 is 0 Å². The van der Waals surface area contributed by atoms with Crippen LogP contribution in [-0.4, -0.2) is 16.3 Å². The van der Waals surface area contributed by atoms with Gasteiger partial charge in [0, 0.05) is 19.8 Å². The van der Waals surface area contributed by atoms with E-state index in [4.69, 9.17) is 16.9 Å². The van der Waals surface area contributed by atoms with Gasteiger partial charge in [0.1, 0.15) is 0 Å². The number of rotatable bonds is 4. The summed E-state index contributed by atoms with van der Waals surface area (Å²) in [6, 6.07) is 7.28. The van der Waals surface area contributed by atoms with Crippen molar-refractivity contribution in [1.82, 2.24) is 9.78 Å². The van der Waals surface area contributed by atoms with Crippen LogP contribution in [0.1, 0.15) is 11.1 Å². The molecule has 0 unspecified atom stereocenters. The molecule has 0 saturated heterocycles. The molecule has 4 nitrogen and oxygen atoms in total. The summed E-state index contributed by atoms with van der Waals surface area (Å²) in [4.78, 5) is 0. The first-order chi connectivity index (χ1) is 8.69. The molecule has 0 spiro atoms. The van der Waals surface area contributed by atoms with Crippen LogP contribution in [0.4, 0.5) is 5.69 Å². The Morgan fingerprint density at radius 2 is 2.33 bits per heavy atom. The Morgan fingerprint density at radius 3 is 3.00 bits per heavy atom. The van der Waals surface area contributed by atoms with Crippen molar-refractivity contribution in [2.45, 2.75) is 6.42 Å². The van der Waals surface area contributed by atoms with Gasteiger partial charge in [-0.3, -0.25) is 4.68 Å². The fourth-order valence-electron chi connectivity index (χ4n) is 1.67. The maximum absolute atomic E-state index is 8.83. The second-order valence-electron chi connectivity index (χ2n) is 4.01. The van der Waals surface area contributed by atoms with Gasteiger partial charge in [0.15, 0.2) is 0 Å². The number of aromatic nitrogens is 2. The maximum atomic E-state index is 8.83. The van der Waals surface area contributed by atoms with Crippen molar-refractivity contribution in [3.63, 3.8) is 0 Å². The van der Waals surface area contributed by atoms with E-state index in [2.05, 4.69) is 16.5 Å². The van der Waals surface area contributed by atoms with Crippen molar-refractivity contribution in [2.75, 3.05) is 11.9 Å². The average Bonchev–Trinajstić information content (AvgIpc) is 2.77. The zero-order valence-corrected chi connectivity index (χ0v) is 10.8. The van der Waals surface area contributed by atoms with Gasteiger partial charge in [0.25, 0.3) is 0 Å². The maximum Gasteiger partial charge on any atom is 0.0992 e. The van der Waals surface area contributed by atoms with E-state index in [-0.39, 0.29) is 0 Å². The number of aryl methyl sites for hydroxylation is 1. The Morgan fingerprint density at radius 1 is 1.50 bits per heavy atom. The molecule has 1 aromatic heterocycles. The van der Waals surface area contributed by atoms with Gasteiger partial charge < -0.3 is 5.32 Å². The van der Waals surface area contributed by atoms with Gasteiger partial charge >= 0.3 is 0 Å². The van der Waals surface area contributed by atoms with Crippen molar-refractivity contribution in [3.05, 3.63) is 46.7 Å². The summed E-state index contributed by atoms with van der Waals surface area (Å²) in [5.41, 5.74) is 2.56. The lowest BCUT2D eigenvalue weighted by molar-refractivity contribution is 0.767. The number of nitrogens with zero attached hydrogens (tertiary/aromatic N) is 3. The van der Waals surface area contributed by atoms with Crippen LogP contribution in [0, 0.1) is 11.3 Å². The lowest BCUT2D eigenvalue weighted by Gasteiger charge is -2.07. The molecular weight excluding hydrogens is 248 g/mol. The topological polar surface area (TPSA) is 53.6 Å². The molecule has 0 aliphatic rings. The summed E-state index contributed by atoms with van der Waals surface area (Å²) in [7, 11) is 1.89. The second-order valence-corrected chi connectivity index (χ2v) is 4.41. The van der Waals surface area contributed by atoms with E-state index in [0.29, 0.717) is 10.6 Å². The molecule has 5 heteroatoms. The summed E-state index contributed by atoms with van der Waals surface area (Å²) in [6.45, 7) is 0.750. The molecule has 0 bridgehead atoms. The van der Waals surface area contributed by atoms with E-state index in [0.717, 1.165) is 24.2 Å². The first-order valence-corrected chi connectivity index (χ1v) is 5.98. The van der Waals surface area contributed by atoms with Gasteiger partial charge in [-0.25, -0.2) is 0 Å². The van der Waals surface area contributed by atoms with Crippen LogP contribution >= 0.6 is 11.6 Å². The normalized spacial score (nSPS) is 10.1. The van der Waals surface area contributed by atoms with Gasteiger partial charge in [0.05, 0.1) is 28.5 Å². The Bertz CT molecular complexity index is 583. The number of benzene rings is 1. The molecule has 0 saturated carbocycles. The average molecular weight is 261 g/mol. The number of hydrogen-bond donors (Lipinski definition) is 1. The molecule has 1 N–H and O–H groups in total. The predicted octanol–water partition coefficient (Wildman–Crippen LogP) is 2.60. The molecule has 0 fully saturated rings. The highest BCUT2D eigenvalue weighted by Gasteiger charge is 2.02. The molecule has 0 amide bonds. The first kappa shape index (κ1) is 12.5. The van der Waals surface area contributed by atoms with Gasteiger partial charge in [-0.1, -0.05) is 11.6 Å². The zero-order chi connectivity index (χ0) is 13.0. The van der Waals surface area contributed by atoms with Gasteiger partial charge in [0.2, 0.25) is 0 Å². The highest BCUT2D eigenvalue weighted by Crippen LogP contribution is 2.22. The van der Waals surface area contributed by atoms with Crippen molar-refractivity contribution in [2.24, 2.45) is 7.05 Å². The Labute approximate surface area is 111 Å². The molecule has 0 aliphatic carbocycles. The highest BCUT2D eigenvalue weighted by atomic mass is 35.5. The number of anilines is 1. The van der Waals surface area contributed by atoms with Crippen molar-refractivity contribution >= 4 is 17.3 Å². The smallest absolute Gasteiger partial charge is 0.0992 e. The summed E-state index contributed by atoms with van der Waals surface area (Å²) >= 11 is 6.05. The minimum Gasteiger partial charge on any atom is -0.383 e. The third kappa shape index (κ3) is 3.02. The monoisotopic (exact) mass is 260 g/mol. The largest absolute Gasteiger partial charge is 0.383 e. The number of hydrogen-bond acceptors (Lipinski definition) is 3. The van der Waals surface area contributed by atoms with E-state index in [9.17, 15) is 0 Å². The molecule has 1 heterocycles. The van der Waals surface area contributed by atoms with Crippen molar-refractivity contribution < 1.29 is 0 Å². The summed E-state index contributed by atoms with van der Waals surface area (Å²) in [5, 5.41) is 16.8. The molecule has 2 aromatic rings. The molecule has 1 aromatic carbocycles. The summed E-state index contributed by atoms with van der Waals surface area (Å²) < 4.78 is 1.78. The number of nitrogens with one attached hydrogen (secondary N) is 1.